The van der Waals surface area contributed by atoms with Crippen LogP contribution in [0.2, 0.25) is 0 Å². The Balaban J connectivity index is 1.46. The molecule has 0 aliphatic carbocycles. The van der Waals surface area contributed by atoms with E-state index in [0.29, 0.717) is 23.0 Å². The highest BCUT2D eigenvalue weighted by molar-refractivity contribution is 8.18. The standard InChI is InChI=1S/C24H18N2O6S2/c27-22(25-18-9-3-1-4-10-18)16-26-23(28)21(33-24(26)29)15-17-8-7-11-19(14-17)32-34(30,31)20-12-5-2-6-13-20/h1-15H,16H2,(H,25,27)/b21-15-. The third-order valence-electron chi connectivity index (χ3n) is 4.63. The van der Waals surface area contributed by atoms with Crippen LogP contribution in [-0.2, 0) is 19.7 Å². The Bertz CT molecular complexity index is 1370. The Kier molecular flexibility index (Phi) is 6.80. The minimum Gasteiger partial charge on any atom is -0.379 e. The zero-order chi connectivity index (χ0) is 24.1. The van der Waals surface area contributed by atoms with Crippen molar-refractivity contribution in [2.75, 3.05) is 11.9 Å². The van der Waals surface area contributed by atoms with Crippen LogP contribution in [0.25, 0.3) is 6.08 Å². The number of hydrogen-bond donors (Lipinski definition) is 1. The average molecular weight is 495 g/mol. The van der Waals surface area contributed by atoms with Gasteiger partial charge in [0.05, 0.1) is 4.91 Å². The Morgan fingerprint density at radius 3 is 2.32 bits per heavy atom. The van der Waals surface area contributed by atoms with Crippen molar-refractivity contribution in [1.29, 1.82) is 0 Å². The summed E-state index contributed by atoms with van der Waals surface area (Å²) < 4.78 is 30.1. The Morgan fingerprint density at radius 1 is 0.941 bits per heavy atom. The van der Waals surface area contributed by atoms with Gasteiger partial charge in [-0.2, -0.15) is 8.42 Å². The van der Waals surface area contributed by atoms with Gasteiger partial charge in [0.2, 0.25) is 5.91 Å². The van der Waals surface area contributed by atoms with Crippen LogP contribution in [0.4, 0.5) is 10.5 Å². The molecule has 1 heterocycles. The van der Waals surface area contributed by atoms with Crippen LogP contribution in [-0.4, -0.2) is 36.9 Å². The van der Waals surface area contributed by atoms with E-state index >= 15 is 0 Å². The SMILES string of the molecule is O=C(CN1C(=O)S/C(=C\c2cccc(OS(=O)(=O)c3ccccc3)c2)C1=O)Nc1ccccc1. The van der Waals surface area contributed by atoms with Gasteiger partial charge < -0.3 is 9.50 Å². The summed E-state index contributed by atoms with van der Waals surface area (Å²) in [5, 5.41) is 2.06. The average Bonchev–Trinajstić information content (AvgIpc) is 3.07. The predicted octanol–water partition coefficient (Wildman–Crippen LogP) is 4.13. The molecule has 0 atom stereocenters. The number of amides is 3. The van der Waals surface area contributed by atoms with E-state index in [1.165, 1.54) is 30.3 Å². The zero-order valence-corrected chi connectivity index (χ0v) is 19.2. The molecule has 4 rings (SSSR count). The number of benzene rings is 3. The molecule has 8 nitrogen and oxygen atoms in total. The summed E-state index contributed by atoms with van der Waals surface area (Å²) in [6.07, 6.45) is 1.45. The molecule has 172 valence electrons. The van der Waals surface area contributed by atoms with E-state index in [0.717, 1.165) is 4.90 Å². The number of hydrogen-bond acceptors (Lipinski definition) is 7. The molecule has 0 saturated carbocycles. The van der Waals surface area contributed by atoms with Gasteiger partial charge in [0.1, 0.15) is 17.2 Å². The second-order valence-corrected chi connectivity index (χ2v) is 9.64. The predicted molar refractivity (Wildman–Crippen MR) is 128 cm³/mol. The molecule has 0 aromatic heterocycles. The quantitative estimate of drug-likeness (QED) is 0.388. The molecule has 0 unspecified atom stereocenters. The zero-order valence-electron chi connectivity index (χ0n) is 17.6. The van der Waals surface area contributed by atoms with E-state index in [-0.39, 0.29) is 15.6 Å². The summed E-state index contributed by atoms with van der Waals surface area (Å²) in [5.74, 6) is -1.06. The molecule has 3 aromatic carbocycles. The molecule has 1 N–H and O–H groups in total. The molecule has 0 radical (unpaired) electrons. The topological polar surface area (TPSA) is 110 Å². The van der Waals surface area contributed by atoms with Gasteiger partial charge in [-0.25, -0.2) is 0 Å². The van der Waals surface area contributed by atoms with Crippen molar-refractivity contribution in [2.45, 2.75) is 4.90 Å². The minimum atomic E-state index is -4.02. The second kappa shape index (κ2) is 9.94. The van der Waals surface area contributed by atoms with Gasteiger partial charge in [-0.3, -0.25) is 19.3 Å². The number of para-hydroxylation sites is 1. The first kappa shape index (κ1) is 23.3. The number of nitrogens with zero attached hydrogens (tertiary/aromatic N) is 1. The van der Waals surface area contributed by atoms with E-state index < -0.39 is 33.7 Å². The van der Waals surface area contributed by atoms with E-state index in [1.54, 1.807) is 60.7 Å². The molecule has 34 heavy (non-hydrogen) atoms. The number of anilines is 1. The van der Waals surface area contributed by atoms with Crippen molar-refractivity contribution >= 4 is 50.7 Å². The molecule has 3 amide bonds. The lowest BCUT2D eigenvalue weighted by atomic mass is 10.2. The molecule has 1 fully saturated rings. The summed E-state index contributed by atoms with van der Waals surface area (Å²) in [6, 6.07) is 22.5. The van der Waals surface area contributed by atoms with E-state index in [2.05, 4.69) is 5.32 Å². The summed E-state index contributed by atoms with van der Waals surface area (Å²) in [5.41, 5.74) is 1.01. The molecule has 0 bridgehead atoms. The van der Waals surface area contributed by atoms with Crippen LogP contribution < -0.4 is 9.50 Å². The van der Waals surface area contributed by atoms with Gasteiger partial charge in [-0.05, 0) is 59.8 Å². The van der Waals surface area contributed by atoms with Crippen LogP contribution >= 0.6 is 11.8 Å². The third-order valence-corrected chi connectivity index (χ3v) is 6.80. The lowest BCUT2D eigenvalue weighted by Crippen LogP contribution is -2.36. The van der Waals surface area contributed by atoms with Crippen LogP contribution in [0.15, 0.2) is 94.7 Å². The van der Waals surface area contributed by atoms with Crippen molar-refractivity contribution in [2.24, 2.45) is 0 Å². The lowest BCUT2D eigenvalue weighted by Gasteiger charge is -2.12. The third kappa shape index (κ3) is 5.53. The largest absolute Gasteiger partial charge is 0.379 e. The molecule has 3 aromatic rings. The van der Waals surface area contributed by atoms with E-state index in [9.17, 15) is 22.8 Å². The summed E-state index contributed by atoms with van der Waals surface area (Å²) in [6.45, 7) is -0.421. The van der Waals surface area contributed by atoms with E-state index in [1.807, 2.05) is 0 Å². The van der Waals surface area contributed by atoms with Gasteiger partial charge in [0.25, 0.3) is 11.1 Å². The minimum absolute atomic E-state index is 0.00954. The lowest BCUT2D eigenvalue weighted by molar-refractivity contribution is -0.127. The molecule has 10 heteroatoms. The second-order valence-electron chi connectivity index (χ2n) is 7.11. The first-order chi connectivity index (χ1) is 16.3. The monoisotopic (exact) mass is 494 g/mol. The van der Waals surface area contributed by atoms with Crippen LogP contribution in [0.1, 0.15) is 5.56 Å². The number of carbonyl (C=O) groups excluding carboxylic acids is 3. The molecule has 1 saturated heterocycles. The maximum atomic E-state index is 12.7. The highest BCUT2D eigenvalue weighted by Gasteiger charge is 2.36. The van der Waals surface area contributed by atoms with Crippen molar-refractivity contribution < 1.29 is 27.0 Å². The van der Waals surface area contributed by atoms with Crippen LogP contribution in [0.5, 0.6) is 5.75 Å². The highest BCUT2D eigenvalue weighted by atomic mass is 32.2. The van der Waals surface area contributed by atoms with Crippen LogP contribution in [0.3, 0.4) is 0 Å². The van der Waals surface area contributed by atoms with E-state index in [4.69, 9.17) is 4.18 Å². The summed E-state index contributed by atoms with van der Waals surface area (Å²) >= 11 is 0.700. The summed E-state index contributed by atoms with van der Waals surface area (Å²) in [7, 11) is -4.02. The molecular formula is C24H18N2O6S2. The van der Waals surface area contributed by atoms with Crippen molar-refractivity contribution in [3.05, 3.63) is 95.4 Å². The Labute approximate surface area is 200 Å². The fourth-order valence-electron chi connectivity index (χ4n) is 3.07. The van der Waals surface area contributed by atoms with Gasteiger partial charge in [-0.15, -0.1) is 0 Å². The number of rotatable bonds is 7. The molecule has 1 aliphatic rings. The number of thioether (sulfide) groups is 1. The van der Waals surface area contributed by atoms with Crippen molar-refractivity contribution in [1.82, 2.24) is 4.90 Å². The fourth-order valence-corrected chi connectivity index (χ4v) is 4.85. The highest BCUT2D eigenvalue weighted by Crippen LogP contribution is 2.32. The molecule has 0 spiro atoms. The first-order valence-electron chi connectivity index (χ1n) is 10.0. The van der Waals surface area contributed by atoms with Gasteiger partial charge >= 0.3 is 10.1 Å². The number of nitrogens with one attached hydrogen (secondary N) is 1. The Morgan fingerprint density at radius 2 is 1.62 bits per heavy atom. The maximum Gasteiger partial charge on any atom is 0.339 e. The summed E-state index contributed by atoms with van der Waals surface area (Å²) in [4.78, 5) is 38.3. The van der Waals surface area contributed by atoms with Gasteiger partial charge in [-0.1, -0.05) is 48.5 Å². The maximum absolute atomic E-state index is 12.7. The van der Waals surface area contributed by atoms with Crippen molar-refractivity contribution in [3.8, 4) is 5.75 Å². The normalized spacial score (nSPS) is 14.9. The van der Waals surface area contributed by atoms with Gasteiger partial charge in [0.15, 0.2) is 0 Å². The fraction of sp³-hybridized carbons (Fsp3) is 0.0417. The molecule has 1 aliphatic heterocycles. The van der Waals surface area contributed by atoms with Gasteiger partial charge in [0, 0.05) is 5.69 Å². The number of carbonyl (C=O) groups is 3. The molecular weight excluding hydrogens is 476 g/mol. The van der Waals surface area contributed by atoms with Crippen molar-refractivity contribution in [3.63, 3.8) is 0 Å². The smallest absolute Gasteiger partial charge is 0.339 e. The van der Waals surface area contributed by atoms with Crippen LogP contribution in [0, 0.1) is 0 Å². The first-order valence-corrected chi connectivity index (χ1v) is 12.2. The Hall–Kier alpha value is -3.89. The number of imide groups is 1.